The second-order valence-corrected chi connectivity index (χ2v) is 13.9. The average molecular weight is 416 g/mol. The van der Waals surface area contributed by atoms with Crippen LogP contribution in [0.25, 0.3) is 0 Å². The van der Waals surface area contributed by atoms with Gasteiger partial charge in [0.25, 0.3) is 0 Å². The van der Waals surface area contributed by atoms with E-state index in [4.69, 9.17) is 0 Å². The van der Waals surface area contributed by atoms with Crippen molar-refractivity contribution in [3.05, 3.63) is 39.8 Å². The van der Waals surface area contributed by atoms with Crippen LogP contribution in [0.15, 0.2) is 6.07 Å². The lowest BCUT2D eigenvalue weighted by Crippen LogP contribution is -2.57. The van der Waals surface area contributed by atoms with Crippen molar-refractivity contribution in [2.24, 2.45) is 46.3 Å². The Labute approximate surface area is 191 Å². The maximum atomic E-state index is 2.68. The first-order valence-corrected chi connectivity index (χ1v) is 13.8. The minimum Gasteiger partial charge on any atom is -0.0474 e. The predicted molar refractivity (Wildman–Crippen MR) is 129 cm³/mol. The molecule has 0 aliphatic heterocycles. The molecular weight excluding hydrogens is 372 g/mol. The molecule has 0 unspecified atom stereocenters. The summed E-state index contributed by atoms with van der Waals surface area (Å²) in [7, 11) is 0. The van der Waals surface area contributed by atoms with Gasteiger partial charge in [-0.3, -0.25) is 0 Å². The first-order chi connectivity index (χ1) is 14.8. The molecule has 0 spiro atoms. The summed E-state index contributed by atoms with van der Waals surface area (Å²) in [6, 6.07) is 2.68. The number of benzene rings is 1. The smallest absolute Gasteiger partial charge is 0.0474 e. The van der Waals surface area contributed by atoms with Gasteiger partial charge in [-0.2, -0.15) is 0 Å². The van der Waals surface area contributed by atoms with Gasteiger partial charge in [-0.05, 0) is 139 Å². The second-order valence-electron chi connectivity index (χ2n) is 13.9. The molecule has 31 heavy (non-hydrogen) atoms. The lowest BCUT2D eigenvalue weighted by Gasteiger charge is -2.64. The lowest BCUT2D eigenvalue weighted by molar-refractivity contribution is -0.0989. The summed E-state index contributed by atoms with van der Waals surface area (Å²) in [6.07, 6.45) is 18.7. The Hall–Kier alpha value is -0.910. The van der Waals surface area contributed by atoms with Crippen LogP contribution >= 0.6 is 0 Å². The highest BCUT2D eigenvalue weighted by Gasteiger charge is 2.66. The molecule has 0 radical (unpaired) electrons. The van der Waals surface area contributed by atoms with Crippen molar-refractivity contribution >= 4 is 0 Å². The molecule has 9 rings (SSSR count). The van der Waals surface area contributed by atoms with Gasteiger partial charge in [-0.1, -0.05) is 0 Å². The van der Waals surface area contributed by atoms with Gasteiger partial charge in [0.1, 0.15) is 5.56 Å². The number of aryl methyl sites for hydroxylation is 1. The molecule has 0 nitrogen and oxygen atoms in total. The molecule has 0 N–H and O–H groups in total. The fourth-order valence-corrected chi connectivity index (χ4v) is 11.4. The minimum atomic E-state index is 0.555. The molecule has 8 bridgehead atoms. The van der Waals surface area contributed by atoms with Crippen molar-refractivity contribution in [2.75, 3.05) is 0 Å². The third kappa shape index (κ3) is 2.69. The Morgan fingerprint density at radius 2 is 0.903 bits per heavy atom. The highest BCUT2D eigenvalue weighted by Crippen LogP contribution is 2.73. The van der Waals surface area contributed by atoms with Gasteiger partial charge in [0, 0.05) is 40.9 Å². The van der Waals surface area contributed by atoms with E-state index in [2.05, 4.69) is 39.7 Å². The molecule has 0 atom stereocenters. The molecule has 166 valence electrons. The Balaban J connectivity index is 1.43. The van der Waals surface area contributed by atoms with Gasteiger partial charge < -0.3 is 0 Å². The highest BCUT2D eigenvalue weighted by molar-refractivity contribution is 5.53. The summed E-state index contributed by atoms with van der Waals surface area (Å²) in [5, 5.41) is 0. The first-order valence-electron chi connectivity index (χ1n) is 13.8. The number of hydrogen-bond donors (Lipinski definition) is 0. The average Bonchev–Trinajstić information content (AvgIpc) is 2.68. The Morgan fingerprint density at radius 3 is 1.26 bits per heavy atom. The van der Waals surface area contributed by atoms with Crippen molar-refractivity contribution < 1.29 is 0 Å². The van der Waals surface area contributed by atoms with E-state index in [1.54, 1.807) is 99.3 Å². The molecule has 0 heterocycles. The van der Waals surface area contributed by atoms with E-state index in [1.807, 2.05) is 0 Å². The topological polar surface area (TPSA) is 0 Å². The van der Waals surface area contributed by atoms with Gasteiger partial charge in [0.15, 0.2) is 0 Å². The van der Waals surface area contributed by atoms with Crippen molar-refractivity contribution in [3.8, 4) is 0 Å². The SMILES string of the molecule is Cc1cc([C+](C23CC4CC(CC(C4)C2)C3)C23CC4CC(CC(C4)C2)C3)c(C)c(C)c1C. The van der Waals surface area contributed by atoms with Crippen LogP contribution in [0.5, 0.6) is 0 Å². The summed E-state index contributed by atoms with van der Waals surface area (Å²) in [4.78, 5) is 0. The van der Waals surface area contributed by atoms with E-state index in [0.717, 1.165) is 35.5 Å². The molecule has 8 fully saturated rings. The molecule has 0 saturated heterocycles. The molecule has 0 amide bonds. The Morgan fingerprint density at radius 1 is 0.548 bits per heavy atom. The molecule has 1 aromatic rings. The van der Waals surface area contributed by atoms with Crippen LogP contribution in [0, 0.1) is 80.0 Å². The van der Waals surface area contributed by atoms with E-state index in [0.29, 0.717) is 10.8 Å². The molecule has 8 aliphatic carbocycles. The Kier molecular flexibility index (Phi) is 4.01. The summed E-state index contributed by atoms with van der Waals surface area (Å²) in [6.45, 7) is 9.65. The van der Waals surface area contributed by atoms with Crippen LogP contribution in [0.2, 0.25) is 0 Å². The third-order valence-corrected chi connectivity index (χ3v) is 11.9. The number of rotatable bonds is 3. The Bertz CT molecular complexity index is 802. The van der Waals surface area contributed by atoms with Crippen LogP contribution in [-0.2, 0) is 0 Å². The maximum absolute atomic E-state index is 2.68. The summed E-state index contributed by atoms with van der Waals surface area (Å²) in [5.41, 5.74) is 9.18. The van der Waals surface area contributed by atoms with Crippen molar-refractivity contribution in [1.29, 1.82) is 0 Å². The summed E-state index contributed by atoms with van der Waals surface area (Å²) < 4.78 is 0. The van der Waals surface area contributed by atoms with Gasteiger partial charge >= 0.3 is 0 Å². The molecule has 1 aromatic carbocycles. The molecule has 0 heteroatoms. The van der Waals surface area contributed by atoms with Gasteiger partial charge in [0.2, 0.25) is 0 Å². The van der Waals surface area contributed by atoms with Crippen LogP contribution in [-0.4, -0.2) is 0 Å². The van der Waals surface area contributed by atoms with Gasteiger partial charge in [-0.25, -0.2) is 0 Å². The zero-order valence-corrected chi connectivity index (χ0v) is 20.5. The fourth-order valence-electron chi connectivity index (χ4n) is 11.4. The first kappa shape index (κ1) is 19.5. The molecule has 8 aliphatic rings. The normalized spacial score (nSPS) is 46.7. The van der Waals surface area contributed by atoms with Crippen molar-refractivity contribution in [2.45, 2.75) is 105 Å². The molecule has 0 aromatic heterocycles. The van der Waals surface area contributed by atoms with Crippen molar-refractivity contribution in [3.63, 3.8) is 0 Å². The van der Waals surface area contributed by atoms with Gasteiger partial charge in [-0.15, -0.1) is 0 Å². The zero-order chi connectivity index (χ0) is 21.1. The summed E-state index contributed by atoms with van der Waals surface area (Å²) in [5.74, 6) is 8.32. The lowest BCUT2D eigenvalue weighted by atomic mass is 9.37. The van der Waals surface area contributed by atoms with Crippen molar-refractivity contribution in [1.82, 2.24) is 0 Å². The maximum Gasteiger partial charge on any atom is 0.137 e. The van der Waals surface area contributed by atoms with E-state index < -0.39 is 0 Å². The monoisotopic (exact) mass is 415 g/mol. The fraction of sp³-hybridized carbons (Fsp3) is 0.774. The highest BCUT2D eigenvalue weighted by atomic mass is 14.7. The largest absolute Gasteiger partial charge is 0.137 e. The molecule has 8 saturated carbocycles. The van der Waals surface area contributed by atoms with Crippen LogP contribution in [0.4, 0.5) is 0 Å². The third-order valence-electron chi connectivity index (χ3n) is 11.9. The molecular formula is C31H43+. The second kappa shape index (κ2) is 6.36. The van der Waals surface area contributed by atoms with E-state index in [9.17, 15) is 0 Å². The predicted octanol–water partition coefficient (Wildman–Crippen LogP) is 8.28. The van der Waals surface area contributed by atoms with Crippen LogP contribution in [0.1, 0.15) is 105 Å². The van der Waals surface area contributed by atoms with Crippen LogP contribution in [0.3, 0.4) is 0 Å². The quantitative estimate of drug-likeness (QED) is 0.436. The number of hydrogen-bond acceptors (Lipinski definition) is 0. The standard InChI is InChI=1S/C31H43/c1-18-5-28(21(4)20(3)19(18)2)29(30-12-22-6-23(13-30)8-24(7-22)14-30)31-15-25-9-26(16-31)11-27(10-25)17-31/h5,22-27H,6-17H2,1-4H3/q+1. The van der Waals surface area contributed by atoms with E-state index in [-0.39, 0.29) is 0 Å². The minimum absolute atomic E-state index is 0.555. The van der Waals surface area contributed by atoms with E-state index in [1.165, 1.54) is 5.56 Å². The van der Waals surface area contributed by atoms with Crippen LogP contribution < -0.4 is 0 Å². The summed E-state index contributed by atoms with van der Waals surface area (Å²) >= 11 is 0. The van der Waals surface area contributed by atoms with Gasteiger partial charge in [0.05, 0.1) is 5.56 Å². The van der Waals surface area contributed by atoms with E-state index >= 15 is 0 Å². The zero-order valence-electron chi connectivity index (χ0n) is 20.5.